The van der Waals surface area contributed by atoms with Crippen LogP contribution in [0.2, 0.25) is 0 Å². The highest BCUT2D eigenvalue weighted by molar-refractivity contribution is 5.86. The lowest BCUT2D eigenvalue weighted by Gasteiger charge is -2.13. The number of aliphatic hydroxyl groups excluding tert-OH is 1. The van der Waals surface area contributed by atoms with Gasteiger partial charge in [0.05, 0.1) is 12.4 Å². The van der Waals surface area contributed by atoms with E-state index in [1.54, 1.807) is 6.21 Å². The summed E-state index contributed by atoms with van der Waals surface area (Å²) in [7, 11) is 0. The highest BCUT2D eigenvalue weighted by Crippen LogP contribution is 2.33. The number of hydrogen-bond acceptors (Lipinski definition) is 6. The first kappa shape index (κ1) is 18.0. The average molecular weight is 388 g/mol. The Morgan fingerprint density at radius 3 is 2.76 bits per heavy atom. The maximum Gasteiger partial charge on any atom is 0.253 e. The molecule has 7 heteroatoms. The van der Waals surface area contributed by atoms with E-state index in [0.717, 1.165) is 41.8 Å². The summed E-state index contributed by atoms with van der Waals surface area (Å²) in [6.07, 6.45) is 10.9. The maximum absolute atomic E-state index is 9.45. The Morgan fingerprint density at radius 1 is 1.21 bits per heavy atom. The van der Waals surface area contributed by atoms with Gasteiger partial charge in [0, 0.05) is 24.8 Å². The Bertz CT molecular complexity index is 1080. The van der Waals surface area contributed by atoms with E-state index in [2.05, 4.69) is 56.1 Å². The minimum atomic E-state index is 0.134. The first-order chi connectivity index (χ1) is 14.2. The van der Waals surface area contributed by atoms with Crippen molar-refractivity contribution in [3.8, 4) is 0 Å². The molecule has 1 saturated carbocycles. The molecule has 7 nitrogen and oxygen atoms in total. The number of imidazole rings is 1. The summed E-state index contributed by atoms with van der Waals surface area (Å²) < 4.78 is 2.06. The number of aliphatic hydroxyl groups is 1. The Labute approximate surface area is 169 Å². The molecule has 5 rings (SSSR count). The lowest BCUT2D eigenvalue weighted by molar-refractivity contribution is 0.244. The maximum atomic E-state index is 9.45. The van der Waals surface area contributed by atoms with Crippen LogP contribution in [0.1, 0.15) is 36.4 Å². The minimum absolute atomic E-state index is 0.134. The van der Waals surface area contributed by atoms with Gasteiger partial charge in [-0.15, -0.1) is 0 Å². The molecule has 29 heavy (non-hydrogen) atoms. The van der Waals surface area contributed by atoms with Crippen LogP contribution < -0.4 is 5.32 Å². The van der Waals surface area contributed by atoms with E-state index in [1.165, 1.54) is 5.56 Å². The number of benzene rings is 1. The predicted molar refractivity (Wildman–Crippen MR) is 114 cm³/mol. The fourth-order valence-corrected chi connectivity index (χ4v) is 3.61. The summed E-state index contributed by atoms with van der Waals surface area (Å²) in [6, 6.07) is 8.77. The quantitative estimate of drug-likeness (QED) is 0.498. The molecule has 0 unspecified atom stereocenters. The van der Waals surface area contributed by atoms with Gasteiger partial charge in [-0.1, -0.05) is 42.0 Å². The van der Waals surface area contributed by atoms with Crippen molar-refractivity contribution in [1.82, 2.24) is 19.5 Å². The molecule has 148 valence electrons. The number of allylic oxidation sites excluding steroid dienone is 1. The zero-order valence-electron chi connectivity index (χ0n) is 16.4. The average Bonchev–Trinajstić information content (AvgIpc) is 3.25. The van der Waals surface area contributed by atoms with Crippen LogP contribution in [0.4, 0.5) is 11.8 Å². The van der Waals surface area contributed by atoms with Crippen molar-refractivity contribution >= 4 is 29.1 Å². The highest BCUT2D eigenvalue weighted by atomic mass is 16.3. The summed E-state index contributed by atoms with van der Waals surface area (Å²) in [5.41, 5.74) is 3.76. The van der Waals surface area contributed by atoms with Gasteiger partial charge in [-0.3, -0.25) is 0 Å². The Hall–Kier alpha value is -3.06. The number of anilines is 1. The number of nitrogens with one attached hydrogen (secondary N) is 1. The second kappa shape index (κ2) is 7.40. The second-order valence-electron chi connectivity index (χ2n) is 7.91. The molecule has 0 amide bonds. The Morgan fingerprint density at radius 2 is 2.03 bits per heavy atom. The van der Waals surface area contributed by atoms with Crippen molar-refractivity contribution in [1.29, 1.82) is 0 Å². The van der Waals surface area contributed by atoms with Gasteiger partial charge in [0.25, 0.3) is 5.95 Å². The summed E-state index contributed by atoms with van der Waals surface area (Å²) in [6.45, 7) is 2.23. The third kappa shape index (κ3) is 3.78. The van der Waals surface area contributed by atoms with Crippen LogP contribution in [-0.2, 0) is 0 Å². The molecule has 2 heterocycles. The zero-order valence-corrected chi connectivity index (χ0v) is 16.4. The fourth-order valence-electron chi connectivity index (χ4n) is 3.61. The monoisotopic (exact) mass is 388 g/mol. The van der Waals surface area contributed by atoms with E-state index >= 15 is 0 Å². The van der Waals surface area contributed by atoms with Crippen LogP contribution in [-0.4, -0.2) is 43.5 Å². The summed E-state index contributed by atoms with van der Waals surface area (Å²) >= 11 is 0. The first-order valence-electron chi connectivity index (χ1n) is 10.1. The van der Waals surface area contributed by atoms with Gasteiger partial charge >= 0.3 is 0 Å². The van der Waals surface area contributed by atoms with Crippen molar-refractivity contribution in [2.45, 2.75) is 38.3 Å². The molecule has 2 atom stereocenters. The molecule has 2 aromatic heterocycles. The third-order valence-electron chi connectivity index (χ3n) is 5.48. The van der Waals surface area contributed by atoms with Crippen molar-refractivity contribution in [2.75, 3.05) is 11.9 Å². The molecule has 0 bridgehead atoms. The third-order valence-corrected chi connectivity index (χ3v) is 5.48. The van der Waals surface area contributed by atoms with Crippen molar-refractivity contribution in [3.63, 3.8) is 0 Å². The largest absolute Gasteiger partial charge is 0.396 e. The van der Waals surface area contributed by atoms with Crippen LogP contribution >= 0.6 is 0 Å². The predicted octanol–water partition coefficient (Wildman–Crippen LogP) is 3.57. The van der Waals surface area contributed by atoms with Gasteiger partial charge in [0.15, 0.2) is 17.0 Å². The normalized spacial score (nSPS) is 21.4. The number of aliphatic imine (C=N–C) groups is 1. The van der Waals surface area contributed by atoms with Crippen molar-refractivity contribution in [2.24, 2.45) is 10.9 Å². The lowest BCUT2D eigenvalue weighted by Crippen LogP contribution is -2.09. The topological polar surface area (TPSA) is 88.2 Å². The van der Waals surface area contributed by atoms with Gasteiger partial charge in [-0.2, -0.15) is 9.97 Å². The van der Waals surface area contributed by atoms with Crippen LogP contribution in [0.5, 0.6) is 0 Å². The number of rotatable bonds is 6. The Balaban J connectivity index is 1.52. The summed E-state index contributed by atoms with van der Waals surface area (Å²) in [4.78, 5) is 18.5. The van der Waals surface area contributed by atoms with Gasteiger partial charge < -0.3 is 15.0 Å². The smallest absolute Gasteiger partial charge is 0.253 e. The van der Waals surface area contributed by atoms with Gasteiger partial charge in [-0.25, -0.2) is 9.98 Å². The molecule has 0 saturated heterocycles. The zero-order chi connectivity index (χ0) is 19.8. The van der Waals surface area contributed by atoms with Crippen LogP contribution in [0.25, 0.3) is 11.2 Å². The van der Waals surface area contributed by atoms with Crippen LogP contribution in [0.3, 0.4) is 0 Å². The molecular formula is C22H24N6O. The number of nitrogens with zero attached hydrogens (tertiary/aromatic N) is 5. The number of aryl methyl sites for hydroxylation is 1. The Kier molecular flexibility index (Phi) is 4.60. The van der Waals surface area contributed by atoms with Gasteiger partial charge in [0.2, 0.25) is 0 Å². The minimum Gasteiger partial charge on any atom is -0.396 e. The van der Waals surface area contributed by atoms with Crippen LogP contribution in [0, 0.1) is 12.8 Å². The fraction of sp³-hybridized carbons (Fsp3) is 0.364. The molecule has 0 spiro atoms. The molecule has 0 aliphatic heterocycles. The second-order valence-corrected chi connectivity index (χ2v) is 7.91. The molecule has 2 N–H and O–H groups in total. The van der Waals surface area contributed by atoms with Gasteiger partial charge in [-0.05, 0) is 31.7 Å². The molecular weight excluding hydrogens is 364 g/mol. The molecule has 1 fully saturated rings. The molecule has 1 aromatic carbocycles. The number of hydrogen-bond donors (Lipinski definition) is 2. The van der Waals surface area contributed by atoms with Crippen molar-refractivity contribution < 1.29 is 5.11 Å². The van der Waals surface area contributed by atoms with E-state index < -0.39 is 0 Å². The van der Waals surface area contributed by atoms with E-state index in [9.17, 15) is 5.11 Å². The van der Waals surface area contributed by atoms with Gasteiger partial charge in [0.1, 0.15) is 0 Å². The molecule has 0 radical (unpaired) electrons. The summed E-state index contributed by atoms with van der Waals surface area (Å²) in [5.74, 6) is 1.35. The standard InChI is InChI=1S/C22H24N6O/c1-14-2-4-15(5-3-14)11-23-22-26-20(25-17-7-8-17)19-21(27-22)28(13-24-19)18-9-6-16(10-18)12-29/h2-6,9,11,13,16-18,29H,7-8,10,12H2,1H3,(H,25,26,27)/b23-11+/t16-,18+/m1/s1. The van der Waals surface area contributed by atoms with E-state index in [0.29, 0.717) is 12.0 Å². The molecule has 3 aromatic rings. The number of fused-ring (bicyclic) bond motifs is 1. The van der Waals surface area contributed by atoms with E-state index in [-0.39, 0.29) is 18.6 Å². The van der Waals surface area contributed by atoms with E-state index in [1.807, 2.05) is 18.5 Å². The number of aromatic nitrogens is 4. The summed E-state index contributed by atoms with van der Waals surface area (Å²) in [5, 5.41) is 12.9. The van der Waals surface area contributed by atoms with Crippen molar-refractivity contribution in [3.05, 3.63) is 53.9 Å². The van der Waals surface area contributed by atoms with E-state index in [4.69, 9.17) is 4.98 Å². The molecule has 2 aliphatic carbocycles. The first-order valence-corrected chi connectivity index (χ1v) is 10.1. The highest BCUT2D eigenvalue weighted by Gasteiger charge is 2.26. The molecule has 2 aliphatic rings. The van der Waals surface area contributed by atoms with Crippen LogP contribution in [0.15, 0.2) is 47.7 Å². The lowest BCUT2D eigenvalue weighted by atomic mass is 10.1. The SMILES string of the molecule is Cc1ccc(/C=N/c2nc(NC3CC3)c3ncn([C@H]4C=C[C@@H](CO)C4)c3n2)cc1.